The minimum absolute atomic E-state index is 0.0363. The summed E-state index contributed by atoms with van der Waals surface area (Å²) < 4.78 is 8.82. The Morgan fingerprint density at radius 3 is 3.04 bits per heavy atom. The van der Waals surface area contributed by atoms with E-state index in [1.165, 1.54) is 10.1 Å². The molecule has 0 aliphatic carbocycles. The molecule has 0 bridgehead atoms. The number of hydrogen-bond donors (Lipinski definition) is 2. The molecule has 1 fully saturated rings. The summed E-state index contributed by atoms with van der Waals surface area (Å²) in [6, 6.07) is 12.7. The Bertz CT molecular complexity index is 1080. The van der Waals surface area contributed by atoms with Crippen molar-refractivity contribution in [3.8, 4) is 11.3 Å². The van der Waals surface area contributed by atoms with Crippen LogP contribution in [-0.4, -0.2) is 45.1 Å². The molecule has 0 spiro atoms. The van der Waals surface area contributed by atoms with E-state index in [0.717, 1.165) is 35.6 Å². The first-order chi connectivity index (χ1) is 13.3. The van der Waals surface area contributed by atoms with Crippen LogP contribution in [0.15, 0.2) is 48.0 Å². The van der Waals surface area contributed by atoms with E-state index in [1.54, 1.807) is 11.3 Å². The molecule has 1 saturated heterocycles. The Kier molecular flexibility index (Phi) is 4.27. The molecular weight excluding hydrogens is 360 g/mol. The van der Waals surface area contributed by atoms with Gasteiger partial charge in [-0.25, -0.2) is 9.50 Å². The molecule has 0 unspecified atom stereocenters. The first kappa shape index (κ1) is 16.7. The number of hydrogen-bond acceptors (Lipinski definition) is 6. The first-order valence-electron chi connectivity index (χ1n) is 9.11. The molecule has 3 aromatic heterocycles. The van der Waals surface area contributed by atoms with Crippen molar-refractivity contribution >= 4 is 32.9 Å². The molecule has 1 aliphatic heterocycles. The number of aromatic nitrogens is 3. The van der Waals surface area contributed by atoms with Gasteiger partial charge in [0.1, 0.15) is 5.82 Å². The number of benzene rings is 1. The van der Waals surface area contributed by atoms with Crippen LogP contribution in [0.1, 0.15) is 12.8 Å². The molecule has 2 N–H and O–H groups in total. The summed E-state index contributed by atoms with van der Waals surface area (Å²) in [6.07, 6.45) is 3.64. The minimum atomic E-state index is -0.0363. The molecule has 0 saturated carbocycles. The molecular formula is C20H20N4O2S. The zero-order valence-electron chi connectivity index (χ0n) is 14.7. The van der Waals surface area contributed by atoms with Crippen molar-refractivity contribution in [2.75, 3.05) is 18.5 Å². The SMILES string of the molecule is OC[C@@H]1CC[C@@H](Nc2ccc3ncc(-c4ccc5sccc5c4)n3n2)CO1. The van der Waals surface area contributed by atoms with Gasteiger partial charge in [-0.2, -0.15) is 0 Å². The predicted octanol–water partition coefficient (Wildman–Crippen LogP) is 3.56. The lowest BCUT2D eigenvalue weighted by molar-refractivity contribution is -0.0224. The fraction of sp³-hybridized carbons (Fsp3) is 0.300. The zero-order chi connectivity index (χ0) is 18.2. The monoisotopic (exact) mass is 380 g/mol. The highest BCUT2D eigenvalue weighted by Gasteiger charge is 2.21. The van der Waals surface area contributed by atoms with E-state index in [9.17, 15) is 5.11 Å². The number of ether oxygens (including phenoxy) is 1. The number of aliphatic hydroxyl groups excluding tert-OH is 1. The van der Waals surface area contributed by atoms with Gasteiger partial charge >= 0.3 is 0 Å². The number of thiophene rings is 1. The molecule has 0 radical (unpaired) electrons. The second-order valence-corrected chi connectivity index (χ2v) is 7.81. The fourth-order valence-corrected chi connectivity index (χ4v) is 4.32. The Morgan fingerprint density at radius 2 is 2.19 bits per heavy atom. The lowest BCUT2D eigenvalue weighted by atomic mass is 10.1. The lowest BCUT2D eigenvalue weighted by Gasteiger charge is -2.28. The second-order valence-electron chi connectivity index (χ2n) is 6.86. The van der Waals surface area contributed by atoms with Gasteiger partial charge in [-0.3, -0.25) is 0 Å². The molecule has 4 heterocycles. The van der Waals surface area contributed by atoms with E-state index in [0.29, 0.717) is 6.61 Å². The van der Waals surface area contributed by atoms with Gasteiger partial charge in [0.05, 0.1) is 37.3 Å². The van der Waals surface area contributed by atoms with E-state index in [2.05, 4.69) is 39.9 Å². The number of rotatable bonds is 4. The number of aliphatic hydroxyl groups is 1. The van der Waals surface area contributed by atoms with Crippen LogP contribution in [0.2, 0.25) is 0 Å². The summed E-state index contributed by atoms with van der Waals surface area (Å²) in [4.78, 5) is 4.49. The highest BCUT2D eigenvalue weighted by atomic mass is 32.1. The third-order valence-electron chi connectivity index (χ3n) is 5.04. The Balaban J connectivity index is 1.44. The maximum absolute atomic E-state index is 9.19. The highest BCUT2D eigenvalue weighted by Crippen LogP contribution is 2.28. The smallest absolute Gasteiger partial charge is 0.154 e. The van der Waals surface area contributed by atoms with Gasteiger partial charge in [0, 0.05) is 10.3 Å². The van der Waals surface area contributed by atoms with Crippen LogP contribution >= 0.6 is 11.3 Å². The summed E-state index contributed by atoms with van der Waals surface area (Å²) in [5, 5.41) is 20.7. The standard InChI is InChI=1S/C20H20N4O2S/c25-11-16-3-2-15(12-26-16)22-19-5-6-20-21-10-17(24(20)23-19)13-1-4-18-14(9-13)7-8-27-18/h1,4-10,15-16,25H,2-3,11-12H2,(H,22,23)/t15-,16+/m1/s1. The van der Waals surface area contributed by atoms with E-state index in [4.69, 9.17) is 9.84 Å². The topological polar surface area (TPSA) is 71.7 Å². The molecule has 138 valence electrons. The van der Waals surface area contributed by atoms with Gasteiger partial charge < -0.3 is 15.2 Å². The number of nitrogens with one attached hydrogen (secondary N) is 1. The molecule has 7 heteroatoms. The van der Waals surface area contributed by atoms with E-state index >= 15 is 0 Å². The summed E-state index contributed by atoms with van der Waals surface area (Å²) in [7, 11) is 0. The van der Waals surface area contributed by atoms with Crippen LogP contribution in [0.25, 0.3) is 27.0 Å². The van der Waals surface area contributed by atoms with E-state index < -0.39 is 0 Å². The van der Waals surface area contributed by atoms with Crippen LogP contribution in [0.3, 0.4) is 0 Å². The minimum Gasteiger partial charge on any atom is -0.394 e. The maximum Gasteiger partial charge on any atom is 0.154 e. The van der Waals surface area contributed by atoms with Crippen LogP contribution < -0.4 is 5.32 Å². The van der Waals surface area contributed by atoms with Crippen LogP contribution in [0.4, 0.5) is 5.82 Å². The molecule has 1 aliphatic rings. The molecule has 4 aromatic rings. The van der Waals surface area contributed by atoms with Crippen LogP contribution in [-0.2, 0) is 4.74 Å². The Morgan fingerprint density at radius 1 is 1.22 bits per heavy atom. The Hall–Kier alpha value is -2.48. The molecule has 2 atom stereocenters. The average Bonchev–Trinajstić information content (AvgIpc) is 3.34. The normalized spacial score (nSPS) is 20.3. The first-order valence-corrected chi connectivity index (χ1v) is 9.99. The maximum atomic E-state index is 9.19. The van der Waals surface area contributed by atoms with Gasteiger partial charge in [0.25, 0.3) is 0 Å². The van der Waals surface area contributed by atoms with Crippen LogP contribution in [0, 0.1) is 0 Å². The number of imidazole rings is 1. The summed E-state index contributed by atoms with van der Waals surface area (Å²) in [5.41, 5.74) is 2.90. The van der Waals surface area contributed by atoms with Crippen molar-refractivity contribution in [1.29, 1.82) is 0 Å². The quantitative estimate of drug-likeness (QED) is 0.566. The van der Waals surface area contributed by atoms with Crippen molar-refractivity contribution in [3.63, 3.8) is 0 Å². The van der Waals surface area contributed by atoms with Crippen molar-refractivity contribution < 1.29 is 9.84 Å². The largest absolute Gasteiger partial charge is 0.394 e. The number of anilines is 1. The second kappa shape index (κ2) is 6.92. The third-order valence-corrected chi connectivity index (χ3v) is 5.93. The van der Waals surface area contributed by atoms with Gasteiger partial charge in [-0.15, -0.1) is 16.4 Å². The zero-order valence-corrected chi connectivity index (χ0v) is 15.5. The number of fused-ring (bicyclic) bond motifs is 2. The van der Waals surface area contributed by atoms with Crippen LogP contribution in [0.5, 0.6) is 0 Å². The van der Waals surface area contributed by atoms with E-state index in [1.807, 2.05) is 22.8 Å². The summed E-state index contributed by atoms with van der Waals surface area (Å²) in [6.45, 7) is 0.667. The Labute approximate surface area is 160 Å². The third kappa shape index (κ3) is 3.18. The molecule has 0 amide bonds. The van der Waals surface area contributed by atoms with Crippen molar-refractivity contribution in [2.24, 2.45) is 0 Å². The number of nitrogens with zero attached hydrogens (tertiary/aromatic N) is 3. The van der Waals surface area contributed by atoms with Gasteiger partial charge in [-0.05, 0) is 53.9 Å². The molecule has 6 nitrogen and oxygen atoms in total. The van der Waals surface area contributed by atoms with Crippen molar-refractivity contribution in [2.45, 2.75) is 25.0 Å². The van der Waals surface area contributed by atoms with Crippen molar-refractivity contribution in [3.05, 3.63) is 48.0 Å². The van der Waals surface area contributed by atoms with Gasteiger partial charge in [0.2, 0.25) is 0 Å². The predicted molar refractivity (Wildman–Crippen MR) is 107 cm³/mol. The fourth-order valence-electron chi connectivity index (χ4n) is 3.55. The summed E-state index contributed by atoms with van der Waals surface area (Å²) in [5.74, 6) is 0.800. The average molecular weight is 380 g/mol. The summed E-state index contributed by atoms with van der Waals surface area (Å²) >= 11 is 1.74. The van der Waals surface area contributed by atoms with Gasteiger partial charge in [0.15, 0.2) is 5.65 Å². The van der Waals surface area contributed by atoms with Gasteiger partial charge in [-0.1, -0.05) is 6.07 Å². The molecule has 27 heavy (non-hydrogen) atoms. The molecule has 1 aromatic carbocycles. The molecule has 5 rings (SSSR count). The van der Waals surface area contributed by atoms with E-state index in [-0.39, 0.29) is 18.8 Å². The van der Waals surface area contributed by atoms with Crippen molar-refractivity contribution in [1.82, 2.24) is 14.6 Å². The highest BCUT2D eigenvalue weighted by molar-refractivity contribution is 7.17. The lowest BCUT2D eigenvalue weighted by Crippen LogP contribution is -2.36.